The zero-order valence-electron chi connectivity index (χ0n) is 23.1. The van der Waals surface area contributed by atoms with Crippen LogP contribution in [-0.2, 0) is 6.42 Å². The molecule has 3 aromatic carbocycles. The summed E-state index contributed by atoms with van der Waals surface area (Å²) in [4.78, 5) is 0. The molecule has 11 nitrogen and oxygen atoms in total. The van der Waals surface area contributed by atoms with Gasteiger partial charge in [-0.15, -0.1) is 0 Å². The average Bonchev–Trinajstić information content (AvgIpc) is 3.37. The summed E-state index contributed by atoms with van der Waals surface area (Å²) in [5.41, 5.74) is 2.32. The summed E-state index contributed by atoms with van der Waals surface area (Å²) in [7, 11) is 4.25. The van der Waals surface area contributed by atoms with Gasteiger partial charge in [0.25, 0.3) is 0 Å². The first-order valence-electron chi connectivity index (χ1n) is 13.1. The maximum absolute atomic E-state index is 10.9. The van der Waals surface area contributed by atoms with Crippen molar-refractivity contribution in [3.05, 3.63) is 64.7 Å². The monoisotopic (exact) mass is 572 g/mol. The van der Waals surface area contributed by atoms with Gasteiger partial charge in [-0.1, -0.05) is 12.1 Å². The third kappa shape index (κ3) is 6.08. The van der Waals surface area contributed by atoms with Crippen molar-refractivity contribution in [1.29, 1.82) is 0 Å². The van der Waals surface area contributed by atoms with Crippen molar-refractivity contribution >= 4 is 0 Å². The number of fused-ring (bicyclic) bond motifs is 1. The van der Waals surface area contributed by atoms with Gasteiger partial charge in [-0.05, 0) is 54.3 Å². The fourth-order valence-electron chi connectivity index (χ4n) is 5.03. The van der Waals surface area contributed by atoms with Crippen LogP contribution in [0.15, 0.2) is 42.5 Å². The zero-order chi connectivity index (χ0) is 29.7. The number of aliphatic hydroxyl groups is 4. The van der Waals surface area contributed by atoms with Crippen LogP contribution in [0.25, 0.3) is 0 Å². The van der Waals surface area contributed by atoms with Gasteiger partial charge in [-0.2, -0.15) is 0 Å². The van der Waals surface area contributed by atoms with E-state index in [1.165, 1.54) is 33.5 Å². The van der Waals surface area contributed by atoms with E-state index in [-0.39, 0.29) is 59.0 Å². The molecular weight excluding hydrogens is 536 g/mol. The maximum atomic E-state index is 10.9. The third-order valence-electron chi connectivity index (χ3n) is 7.15. The van der Waals surface area contributed by atoms with E-state index in [9.17, 15) is 30.6 Å². The van der Waals surface area contributed by atoms with E-state index in [1.807, 2.05) is 6.07 Å². The Kier molecular flexibility index (Phi) is 9.66. The normalized spacial score (nSPS) is 17.3. The lowest BCUT2D eigenvalue weighted by Crippen LogP contribution is -2.29. The zero-order valence-corrected chi connectivity index (χ0v) is 23.1. The van der Waals surface area contributed by atoms with Gasteiger partial charge >= 0.3 is 0 Å². The first-order chi connectivity index (χ1) is 19.8. The van der Waals surface area contributed by atoms with Crippen molar-refractivity contribution in [3.63, 3.8) is 0 Å². The van der Waals surface area contributed by atoms with Gasteiger partial charge in [0.2, 0.25) is 5.75 Å². The predicted octanol–water partition coefficient (Wildman–Crippen LogP) is 2.73. The molecule has 6 N–H and O–H groups in total. The van der Waals surface area contributed by atoms with Crippen molar-refractivity contribution in [2.24, 2.45) is 0 Å². The molecule has 1 aliphatic rings. The Labute approximate surface area is 237 Å². The molecule has 3 aromatic rings. The van der Waals surface area contributed by atoms with E-state index < -0.39 is 30.8 Å². The molecule has 0 saturated carbocycles. The van der Waals surface area contributed by atoms with Crippen molar-refractivity contribution < 1.29 is 54.3 Å². The van der Waals surface area contributed by atoms with Gasteiger partial charge < -0.3 is 54.3 Å². The second kappa shape index (κ2) is 13.2. The Bertz CT molecular complexity index is 1320. The van der Waals surface area contributed by atoms with Crippen LogP contribution in [-0.4, -0.2) is 77.9 Å². The van der Waals surface area contributed by atoms with Crippen molar-refractivity contribution in [1.82, 2.24) is 0 Å². The molecule has 4 rings (SSSR count). The Morgan fingerprint density at radius 3 is 2.10 bits per heavy atom. The van der Waals surface area contributed by atoms with E-state index in [0.29, 0.717) is 24.0 Å². The van der Waals surface area contributed by atoms with Crippen LogP contribution in [0.3, 0.4) is 0 Å². The van der Waals surface area contributed by atoms with Gasteiger partial charge in [-0.3, -0.25) is 0 Å². The predicted molar refractivity (Wildman–Crippen MR) is 147 cm³/mol. The number of benzene rings is 3. The number of methoxy groups -OCH3 is 3. The van der Waals surface area contributed by atoms with Crippen molar-refractivity contribution in [3.8, 4) is 40.2 Å². The summed E-state index contributed by atoms with van der Waals surface area (Å²) >= 11 is 0. The van der Waals surface area contributed by atoms with E-state index in [1.54, 1.807) is 24.3 Å². The number of ether oxygens (including phenoxy) is 5. The quantitative estimate of drug-likeness (QED) is 0.178. The number of hydrogen-bond acceptors (Lipinski definition) is 11. The van der Waals surface area contributed by atoms with Gasteiger partial charge in [0.15, 0.2) is 40.6 Å². The fraction of sp³-hybridized carbons (Fsp3) is 0.400. The first kappa shape index (κ1) is 30.1. The molecular formula is C30H36O11. The Hall–Kier alpha value is -3.90. The van der Waals surface area contributed by atoms with Crippen LogP contribution < -0.4 is 23.7 Å². The van der Waals surface area contributed by atoms with Crippen LogP contribution in [0, 0.1) is 0 Å². The van der Waals surface area contributed by atoms with Crippen LogP contribution in [0.1, 0.15) is 46.8 Å². The minimum Gasteiger partial charge on any atom is -0.504 e. The highest BCUT2D eigenvalue weighted by Crippen LogP contribution is 2.52. The topological polar surface area (TPSA) is 168 Å². The lowest BCUT2D eigenvalue weighted by Gasteiger charge is -2.26. The highest BCUT2D eigenvalue weighted by atomic mass is 16.6. The summed E-state index contributed by atoms with van der Waals surface area (Å²) < 4.78 is 28.4. The summed E-state index contributed by atoms with van der Waals surface area (Å²) in [6.07, 6.45) is -2.11. The summed E-state index contributed by atoms with van der Waals surface area (Å²) in [6.45, 7) is -0.824. The van der Waals surface area contributed by atoms with E-state index in [0.717, 1.165) is 5.56 Å². The second-order valence-electron chi connectivity index (χ2n) is 9.66. The molecule has 4 unspecified atom stereocenters. The third-order valence-corrected chi connectivity index (χ3v) is 7.15. The minimum atomic E-state index is -1.33. The molecule has 41 heavy (non-hydrogen) atoms. The Morgan fingerprint density at radius 2 is 1.54 bits per heavy atom. The summed E-state index contributed by atoms with van der Waals surface area (Å²) in [5, 5.41) is 61.3. The second-order valence-corrected chi connectivity index (χ2v) is 9.66. The SMILES string of the molecule is COc1ccc(C(O)C(CO)Oc2c(OC)cc(C3Oc4c(O)cc(CCCO)cc4C3CO)cc2OC)cc1O. The highest BCUT2D eigenvalue weighted by molar-refractivity contribution is 5.58. The number of aromatic hydroxyl groups is 2. The van der Waals surface area contributed by atoms with E-state index in [4.69, 9.17) is 23.7 Å². The Morgan fingerprint density at radius 1 is 0.854 bits per heavy atom. The number of aliphatic hydroxyl groups excluding tert-OH is 4. The summed E-state index contributed by atoms with van der Waals surface area (Å²) in [5.74, 6) is 0.293. The van der Waals surface area contributed by atoms with Gasteiger partial charge in [0.1, 0.15) is 12.2 Å². The molecule has 0 bridgehead atoms. The summed E-state index contributed by atoms with van der Waals surface area (Å²) in [6, 6.07) is 11.1. The average molecular weight is 573 g/mol. The lowest BCUT2D eigenvalue weighted by atomic mass is 9.90. The number of aryl methyl sites for hydroxylation is 1. The largest absolute Gasteiger partial charge is 0.504 e. The van der Waals surface area contributed by atoms with Gasteiger partial charge in [-0.25, -0.2) is 0 Å². The standard InChI is InChI=1S/C30H36O11/c1-37-23-7-6-17(11-21(23)34)27(36)26(15-33)40-30-24(38-2)12-18(13-25(30)39-3)28-20(14-32)19-9-16(5-4-8-31)10-22(35)29(19)41-28/h6-7,9-13,20,26-28,31-36H,4-5,8,14-15H2,1-3H3. The van der Waals surface area contributed by atoms with Crippen molar-refractivity contribution in [2.75, 3.05) is 41.2 Å². The number of phenolic OH excluding ortho intramolecular Hbond substituents is 2. The van der Waals surface area contributed by atoms with Crippen LogP contribution >= 0.6 is 0 Å². The molecule has 4 atom stereocenters. The smallest absolute Gasteiger partial charge is 0.204 e. The molecule has 0 saturated heterocycles. The number of hydrogen-bond donors (Lipinski definition) is 6. The van der Waals surface area contributed by atoms with Gasteiger partial charge in [0, 0.05) is 17.7 Å². The molecule has 11 heteroatoms. The molecule has 1 aliphatic heterocycles. The fourth-order valence-corrected chi connectivity index (χ4v) is 5.03. The van der Waals surface area contributed by atoms with Crippen LogP contribution in [0.2, 0.25) is 0 Å². The number of phenols is 2. The van der Waals surface area contributed by atoms with Crippen LogP contribution in [0.4, 0.5) is 0 Å². The molecule has 1 heterocycles. The molecule has 222 valence electrons. The minimum absolute atomic E-state index is 0.0190. The van der Waals surface area contributed by atoms with Gasteiger partial charge in [0.05, 0.1) is 40.5 Å². The molecule has 0 aliphatic carbocycles. The first-order valence-corrected chi connectivity index (χ1v) is 13.1. The molecule has 0 spiro atoms. The maximum Gasteiger partial charge on any atom is 0.204 e. The van der Waals surface area contributed by atoms with E-state index in [2.05, 4.69) is 0 Å². The lowest BCUT2D eigenvalue weighted by molar-refractivity contribution is -0.00180. The number of rotatable bonds is 13. The highest BCUT2D eigenvalue weighted by Gasteiger charge is 2.38. The molecule has 0 fully saturated rings. The van der Waals surface area contributed by atoms with Crippen LogP contribution in [0.5, 0.6) is 40.2 Å². The van der Waals surface area contributed by atoms with Crippen molar-refractivity contribution in [2.45, 2.75) is 37.1 Å². The molecule has 0 amide bonds. The Balaban J connectivity index is 1.66. The van der Waals surface area contributed by atoms with E-state index >= 15 is 0 Å². The molecule has 0 radical (unpaired) electrons. The molecule has 0 aromatic heterocycles.